The number of halogens is 1. The molecule has 7 nitrogen and oxygen atoms in total. The minimum atomic E-state index is -0.695. The molecule has 1 amide bonds. The molecule has 0 heterocycles. The first-order valence-electron chi connectivity index (χ1n) is 4.74. The van der Waals surface area contributed by atoms with Crippen LogP contribution in [0.25, 0.3) is 0 Å². The summed E-state index contributed by atoms with van der Waals surface area (Å²) in [6.07, 6.45) is 0. The van der Waals surface area contributed by atoms with Gasteiger partial charge in [0, 0.05) is 11.6 Å². The summed E-state index contributed by atoms with van der Waals surface area (Å²) in [5.74, 6) is -1.24. The molecular formula is C10H9ClN2O5. The van der Waals surface area contributed by atoms with Crippen LogP contribution in [-0.4, -0.2) is 30.5 Å². The number of nitrogens with zero attached hydrogens (tertiary/aromatic N) is 1. The van der Waals surface area contributed by atoms with Crippen molar-refractivity contribution in [1.82, 2.24) is 5.32 Å². The maximum atomic E-state index is 11.6. The first-order valence-corrected chi connectivity index (χ1v) is 5.12. The van der Waals surface area contributed by atoms with Crippen LogP contribution in [0.1, 0.15) is 10.4 Å². The zero-order valence-electron chi connectivity index (χ0n) is 9.31. The minimum Gasteiger partial charge on any atom is -0.468 e. The van der Waals surface area contributed by atoms with E-state index < -0.39 is 16.8 Å². The largest absolute Gasteiger partial charge is 0.468 e. The molecular weight excluding hydrogens is 264 g/mol. The van der Waals surface area contributed by atoms with Gasteiger partial charge in [-0.15, -0.1) is 0 Å². The van der Waals surface area contributed by atoms with Crippen LogP contribution in [0.3, 0.4) is 0 Å². The second-order valence-corrected chi connectivity index (χ2v) is 3.59. The van der Waals surface area contributed by atoms with Crippen LogP contribution in [0.2, 0.25) is 5.02 Å². The molecule has 0 bridgehead atoms. The molecule has 0 unspecified atom stereocenters. The third-order valence-electron chi connectivity index (χ3n) is 2.03. The number of carbonyl (C=O) groups excluding carboxylic acids is 2. The molecule has 96 valence electrons. The van der Waals surface area contributed by atoms with E-state index in [2.05, 4.69) is 10.1 Å². The highest BCUT2D eigenvalue weighted by atomic mass is 35.5. The Bertz CT molecular complexity index is 503. The molecule has 0 radical (unpaired) electrons. The molecule has 0 atom stereocenters. The summed E-state index contributed by atoms with van der Waals surface area (Å²) in [5, 5.41) is 12.8. The van der Waals surface area contributed by atoms with E-state index in [1.165, 1.54) is 19.2 Å². The summed E-state index contributed by atoms with van der Waals surface area (Å²) >= 11 is 5.60. The van der Waals surface area contributed by atoms with Crippen LogP contribution in [0.15, 0.2) is 18.2 Å². The molecule has 0 fully saturated rings. The Hall–Kier alpha value is -2.15. The number of nitrogens with one attached hydrogen (secondary N) is 1. The van der Waals surface area contributed by atoms with E-state index in [9.17, 15) is 19.7 Å². The number of benzene rings is 1. The van der Waals surface area contributed by atoms with Gasteiger partial charge in [-0.3, -0.25) is 19.7 Å². The highest BCUT2D eigenvalue weighted by Crippen LogP contribution is 2.24. The number of nitro groups is 1. The molecule has 0 spiro atoms. The Morgan fingerprint density at radius 3 is 2.72 bits per heavy atom. The summed E-state index contributed by atoms with van der Waals surface area (Å²) < 4.78 is 4.33. The van der Waals surface area contributed by atoms with Crippen molar-refractivity contribution in [3.8, 4) is 0 Å². The van der Waals surface area contributed by atoms with Crippen molar-refractivity contribution in [3.63, 3.8) is 0 Å². The number of amides is 1. The molecule has 8 heteroatoms. The van der Waals surface area contributed by atoms with Crippen LogP contribution >= 0.6 is 11.6 Å². The van der Waals surface area contributed by atoms with Gasteiger partial charge < -0.3 is 10.1 Å². The summed E-state index contributed by atoms with van der Waals surface area (Å²) in [4.78, 5) is 32.3. The molecule has 1 rings (SSSR count). The van der Waals surface area contributed by atoms with Gasteiger partial charge in [-0.2, -0.15) is 0 Å². The van der Waals surface area contributed by atoms with E-state index in [-0.39, 0.29) is 22.8 Å². The summed E-state index contributed by atoms with van der Waals surface area (Å²) in [5.41, 5.74) is -0.336. The molecule has 0 aliphatic heterocycles. The second-order valence-electron chi connectivity index (χ2n) is 3.18. The Kier molecular flexibility index (Phi) is 4.61. The predicted octanol–water partition coefficient (Wildman–Crippen LogP) is 1.15. The number of ether oxygens (including phenoxy) is 1. The topological polar surface area (TPSA) is 98.5 Å². The fraction of sp³-hybridized carbons (Fsp3) is 0.200. The maximum Gasteiger partial charge on any atom is 0.325 e. The molecule has 18 heavy (non-hydrogen) atoms. The van der Waals surface area contributed by atoms with Crippen molar-refractivity contribution >= 4 is 29.2 Å². The standard InChI is InChI=1S/C10H9ClN2O5/c1-18-9(14)5-12-10(15)6-2-3-7(11)8(4-6)13(16)17/h2-4H,5H2,1H3,(H,12,15). The lowest BCUT2D eigenvalue weighted by Gasteiger charge is -2.04. The van der Waals surface area contributed by atoms with Crippen molar-refractivity contribution in [3.05, 3.63) is 38.9 Å². The highest BCUT2D eigenvalue weighted by molar-refractivity contribution is 6.32. The minimum absolute atomic E-state index is 0.0370. The first kappa shape index (κ1) is 13.9. The van der Waals surface area contributed by atoms with Crippen LogP contribution in [0.4, 0.5) is 5.69 Å². The SMILES string of the molecule is COC(=O)CNC(=O)c1ccc(Cl)c([N+](=O)[O-])c1. The van der Waals surface area contributed by atoms with E-state index >= 15 is 0 Å². The van der Waals surface area contributed by atoms with Gasteiger partial charge in [-0.25, -0.2) is 0 Å². The lowest BCUT2D eigenvalue weighted by molar-refractivity contribution is -0.384. The molecule has 0 aliphatic carbocycles. The van der Waals surface area contributed by atoms with Gasteiger partial charge >= 0.3 is 5.97 Å². The second kappa shape index (κ2) is 5.97. The Balaban J connectivity index is 2.84. The summed E-state index contributed by atoms with van der Waals surface area (Å²) in [6, 6.07) is 3.60. The zero-order valence-corrected chi connectivity index (χ0v) is 10.1. The number of carbonyl (C=O) groups is 2. The fourth-order valence-corrected chi connectivity index (χ4v) is 1.31. The predicted molar refractivity (Wildman–Crippen MR) is 62.5 cm³/mol. The van der Waals surface area contributed by atoms with Crippen molar-refractivity contribution in [2.24, 2.45) is 0 Å². The number of nitro benzene ring substituents is 1. The number of rotatable bonds is 4. The fourth-order valence-electron chi connectivity index (χ4n) is 1.12. The van der Waals surface area contributed by atoms with E-state index in [4.69, 9.17) is 11.6 Å². The smallest absolute Gasteiger partial charge is 0.325 e. The molecule has 1 N–H and O–H groups in total. The Morgan fingerprint density at radius 1 is 1.50 bits per heavy atom. The Morgan fingerprint density at radius 2 is 2.17 bits per heavy atom. The number of hydrogen-bond donors (Lipinski definition) is 1. The molecule has 1 aromatic carbocycles. The molecule has 0 saturated heterocycles. The van der Waals surface area contributed by atoms with E-state index in [1.54, 1.807) is 0 Å². The van der Waals surface area contributed by atoms with Crippen molar-refractivity contribution in [2.45, 2.75) is 0 Å². The van der Waals surface area contributed by atoms with Crippen LogP contribution in [0, 0.1) is 10.1 Å². The highest BCUT2D eigenvalue weighted by Gasteiger charge is 2.16. The van der Waals surface area contributed by atoms with Gasteiger partial charge in [-0.1, -0.05) is 11.6 Å². The number of esters is 1. The number of methoxy groups -OCH3 is 1. The van der Waals surface area contributed by atoms with Gasteiger partial charge in [0.25, 0.3) is 11.6 Å². The van der Waals surface area contributed by atoms with Crippen LogP contribution in [0.5, 0.6) is 0 Å². The maximum absolute atomic E-state index is 11.6. The number of hydrogen-bond acceptors (Lipinski definition) is 5. The van der Waals surface area contributed by atoms with Crippen molar-refractivity contribution < 1.29 is 19.2 Å². The van der Waals surface area contributed by atoms with Gasteiger partial charge in [0.1, 0.15) is 11.6 Å². The van der Waals surface area contributed by atoms with Crippen molar-refractivity contribution in [2.75, 3.05) is 13.7 Å². The average molecular weight is 273 g/mol. The van der Waals surface area contributed by atoms with E-state index in [1.807, 2.05) is 0 Å². The Labute approximate surface area is 107 Å². The third kappa shape index (κ3) is 3.42. The lowest BCUT2D eigenvalue weighted by atomic mass is 10.2. The molecule has 0 aromatic heterocycles. The van der Waals surface area contributed by atoms with Crippen LogP contribution in [-0.2, 0) is 9.53 Å². The van der Waals surface area contributed by atoms with E-state index in [0.29, 0.717) is 0 Å². The van der Waals surface area contributed by atoms with Gasteiger partial charge in [-0.05, 0) is 12.1 Å². The van der Waals surface area contributed by atoms with Gasteiger partial charge in [0.15, 0.2) is 0 Å². The quantitative estimate of drug-likeness (QED) is 0.503. The molecule has 0 aliphatic rings. The zero-order chi connectivity index (χ0) is 13.7. The lowest BCUT2D eigenvalue weighted by Crippen LogP contribution is -2.30. The summed E-state index contributed by atoms with van der Waals surface area (Å²) in [6.45, 7) is -0.314. The summed E-state index contributed by atoms with van der Waals surface area (Å²) in [7, 11) is 1.18. The molecule has 0 saturated carbocycles. The normalized spacial score (nSPS) is 9.67. The average Bonchev–Trinajstić information content (AvgIpc) is 2.35. The van der Waals surface area contributed by atoms with Gasteiger partial charge in [0.05, 0.1) is 12.0 Å². The third-order valence-corrected chi connectivity index (χ3v) is 2.35. The monoisotopic (exact) mass is 272 g/mol. The van der Waals surface area contributed by atoms with E-state index in [0.717, 1.165) is 6.07 Å². The van der Waals surface area contributed by atoms with Gasteiger partial charge in [0.2, 0.25) is 0 Å². The van der Waals surface area contributed by atoms with Crippen molar-refractivity contribution in [1.29, 1.82) is 0 Å². The molecule has 1 aromatic rings. The van der Waals surface area contributed by atoms with Crippen LogP contribution < -0.4 is 5.32 Å². The first-order chi connectivity index (χ1) is 8.45.